The summed E-state index contributed by atoms with van der Waals surface area (Å²) >= 11 is 5.90. The summed E-state index contributed by atoms with van der Waals surface area (Å²) in [6, 6.07) is 4.28. The molecule has 1 aromatic carbocycles. The van der Waals surface area contributed by atoms with Gasteiger partial charge in [0.25, 0.3) is 0 Å². The smallest absolute Gasteiger partial charge is 0.125 e. The van der Waals surface area contributed by atoms with Crippen LogP contribution in [0.2, 0.25) is 0 Å². The fraction of sp³-hybridized carbons (Fsp3) is 0.333. The Morgan fingerprint density at radius 2 is 2.24 bits per heavy atom. The third kappa shape index (κ3) is 4.67. The summed E-state index contributed by atoms with van der Waals surface area (Å²) in [4.78, 5) is 0. The van der Waals surface area contributed by atoms with Gasteiger partial charge >= 0.3 is 0 Å². The molecule has 0 saturated carbocycles. The molecule has 0 saturated heterocycles. The number of rotatable bonds is 7. The van der Waals surface area contributed by atoms with Crippen molar-refractivity contribution < 1.29 is 9.50 Å². The van der Waals surface area contributed by atoms with E-state index in [0.29, 0.717) is 28.8 Å². The number of aliphatic hydroxyl groups is 1. The third-order valence-electron chi connectivity index (χ3n) is 3.77. The monoisotopic (exact) mass is 364 g/mol. The first-order valence-corrected chi connectivity index (χ1v) is 8.38. The van der Waals surface area contributed by atoms with E-state index >= 15 is 0 Å². The van der Waals surface area contributed by atoms with E-state index in [1.807, 2.05) is 13.1 Å². The Bertz CT molecular complexity index is 798. The minimum atomic E-state index is -0.830. The number of nitrogens with one attached hydrogen (secondary N) is 2. The zero-order chi connectivity index (χ0) is 18.6. The molecule has 0 bridgehead atoms. The molecule has 0 aliphatic rings. The molecule has 0 radical (unpaired) electrons. The molecule has 0 fully saturated rings. The van der Waals surface area contributed by atoms with Crippen molar-refractivity contribution in [2.45, 2.75) is 26.4 Å². The van der Waals surface area contributed by atoms with E-state index in [4.69, 9.17) is 17.0 Å². The summed E-state index contributed by atoms with van der Waals surface area (Å²) in [5.74, 6) is -0.410. The number of allylic oxidation sites excluding steroid dienone is 1. The van der Waals surface area contributed by atoms with Gasteiger partial charge in [-0.1, -0.05) is 11.6 Å². The highest BCUT2D eigenvalue weighted by atomic mass is 35.5. The number of aliphatic hydroxyl groups excluding tert-OH is 1. The second kappa shape index (κ2) is 8.27. The Kier molecular flexibility index (Phi) is 6.33. The van der Waals surface area contributed by atoms with Gasteiger partial charge in [0.2, 0.25) is 0 Å². The highest BCUT2D eigenvalue weighted by Crippen LogP contribution is 2.31. The fourth-order valence-electron chi connectivity index (χ4n) is 2.61. The van der Waals surface area contributed by atoms with Crippen molar-refractivity contribution in [2.75, 3.05) is 6.54 Å². The first kappa shape index (κ1) is 19.1. The first-order valence-electron chi connectivity index (χ1n) is 8.00. The lowest BCUT2D eigenvalue weighted by molar-refractivity contribution is 0.199. The van der Waals surface area contributed by atoms with E-state index in [2.05, 4.69) is 10.4 Å². The predicted octanol–water partition coefficient (Wildman–Crippen LogP) is 3.53. The maximum atomic E-state index is 13.6. The average molecular weight is 365 g/mol. The molecule has 1 atom stereocenters. The van der Waals surface area contributed by atoms with E-state index in [9.17, 15) is 9.50 Å². The van der Waals surface area contributed by atoms with Gasteiger partial charge in [0.15, 0.2) is 0 Å². The van der Waals surface area contributed by atoms with Gasteiger partial charge in [-0.25, -0.2) is 4.39 Å². The van der Waals surface area contributed by atoms with Crippen molar-refractivity contribution in [1.29, 1.82) is 5.41 Å². The van der Waals surface area contributed by atoms with Crippen LogP contribution in [0.15, 0.2) is 36.2 Å². The minimum absolute atomic E-state index is 0.0504. The molecular weight excluding hydrogens is 343 g/mol. The molecule has 7 heteroatoms. The van der Waals surface area contributed by atoms with Gasteiger partial charge in [-0.15, -0.1) is 0 Å². The molecule has 2 aromatic rings. The van der Waals surface area contributed by atoms with Crippen LogP contribution >= 0.6 is 11.6 Å². The number of aromatic nitrogens is 2. The third-order valence-corrected chi connectivity index (χ3v) is 4.01. The highest BCUT2D eigenvalue weighted by molar-refractivity contribution is 6.68. The Hall–Kier alpha value is -2.18. The van der Waals surface area contributed by atoms with Gasteiger partial charge in [0.05, 0.1) is 11.8 Å². The van der Waals surface area contributed by atoms with E-state index in [-0.39, 0.29) is 5.17 Å². The number of nitrogens with zero attached hydrogens (tertiary/aromatic N) is 2. The van der Waals surface area contributed by atoms with Crippen LogP contribution in [0.5, 0.6) is 0 Å². The standard InChI is InChI=1S/C18H22ClFN4O/c1-4-22-9-12(18(19)21)7-13-10-24(3)23-17(13)15-6-5-14(20)8-16(15)11(2)25/h5-6,8-11,21-22,25H,4,7H2,1-3H3/b12-9-,21-18?/t11-/m1/s1. The lowest BCUT2D eigenvalue weighted by Gasteiger charge is -2.12. The molecule has 3 N–H and O–H groups in total. The van der Waals surface area contributed by atoms with Crippen molar-refractivity contribution in [3.63, 3.8) is 0 Å². The summed E-state index contributed by atoms with van der Waals surface area (Å²) < 4.78 is 15.2. The Morgan fingerprint density at radius 1 is 1.52 bits per heavy atom. The number of benzene rings is 1. The Labute approximate surface area is 151 Å². The number of aryl methyl sites for hydroxylation is 1. The molecule has 134 valence electrons. The SMILES string of the molecule is CCN/C=C(/Cc1cn(C)nc1-c1ccc(F)cc1[C@@H](C)O)C(=N)Cl. The van der Waals surface area contributed by atoms with E-state index in [0.717, 1.165) is 12.1 Å². The molecule has 0 aliphatic heterocycles. The molecule has 1 aromatic heterocycles. The maximum Gasteiger partial charge on any atom is 0.125 e. The normalized spacial score (nSPS) is 13.0. The van der Waals surface area contributed by atoms with Gasteiger partial charge in [0.1, 0.15) is 11.0 Å². The van der Waals surface area contributed by atoms with Crippen LogP contribution in [-0.4, -0.2) is 26.6 Å². The average Bonchev–Trinajstić information content (AvgIpc) is 2.91. The van der Waals surface area contributed by atoms with Gasteiger partial charge in [0, 0.05) is 49.1 Å². The van der Waals surface area contributed by atoms with Crippen molar-refractivity contribution in [1.82, 2.24) is 15.1 Å². The second-order valence-electron chi connectivity index (χ2n) is 5.80. The van der Waals surface area contributed by atoms with Gasteiger partial charge in [-0.05, 0) is 37.6 Å². The van der Waals surface area contributed by atoms with Crippen LogP contribution in [0.3, 0.4) is 0 Å². The number of halogens is 2. The van der Waals surface area contributed by atoms with Gasteiger partial charge < -0.3 is 10.4 Å². The zero-order valence-corrected chi connectivity index (χ0v) is 15.2. The van der Waals surface area contributed by atoms with Crippen LogP contribution in [0.1, 0.15) is 31.1 Å². The Morgan fingerprint density at radius 3 is 2.84 bits per heavy atom. The molecule has 25 heavy (non-hydrogen) atoms. The summed E-state index contributed by atoms with van der Waals surface area (Å²) in [5.41, 5.74) is 3.23. The van der Waals surface area contributed by atoms with Crippen molar-refractivity contribution in [3.05, 3.63) is 53.1 Å². The van der Waals surface area contributed by atoms with Crippen LogP contribution in [0.4, 0.5) is 4.39 Å². The largest absolute Gasteiger partial charge is 0.391 e. The lowest BCUT2D eigenvalue weighted by atomic mass is 9.96. The molecule has 5 nitrogen and oxygen atoms in total. The second-order valence-corrected chi connectivity index (χ2v) is 6.18. The zero-order valence-electron chi connectivity index (χ0n) is 14.5. The van der Waals surface area contributed by atoms with E-state index in [1.165, 1.54) is 12.1 Å². The number of hydrogen-bond donors (Lipinski definition) is 3. The van der Waals surface area contributed by atoms with Crippen molar-refractivity contribution in [2.24, 2.45) is 7.05 Å². The molecular formula is C18H22ClFN4O. The fourth-order valence-corrected chi connectivity index (χ4v) is 2.73. The highest BCUT2D eigenvalue weighted by Gasteiger charge is 2.18. The predicted molar refractivity (Wildman–Crippen MR) is 98.3 cm³/mol. The molecule has 1 heterocycles. The van der Waals surface area contributed by atoms with E-state index in [1.54, 1.807) is 30.9 Å². The maximum absolute atomic E-state index is 13.6. The van der Waals surface area contributed by atoms with E-state index < -0.39 is 11.9 Å². The van der Waals surface area contributed by atoms with Gasteiger partial charge in [-0.3, -0.25) is 10.1 Å². The van der Waals surface area contributed by atoms with Crippen molar-refractivity contribution in [3.8, 4) is 11.3 Å². The molecule has 0 unspecified atom stereocenters. The van der Waals surface area contributed by atoms with Crippen LogP contribution in [0, 0.1) is 11.2 Å². The summed E-state index contributed by atoms with van der Waals surface area (Å²) in [6.07, 6.45) is 3.12. The lowest BCUT2D eigenvalue weighted by Crippen LogP contribution is -2.08. The number of hydrogen-bond acceptors (Lipinski definition) is 4. The molecule has 0 spiro atoms. The minimum Gasteiger partial charge on any atom is -0.391 e. The topological polar surface area (TPSA) is 73.9 Å². The molecule has 0 amide bonds. The summed E-state index contributed by atoms with van der Waals surface area (Å²) in [7, 11) is 1.79. The first-order chi connectivity index (χ1) is 11.8. The van der Waals surface area contributed by atoms with Crippen LogP contribution < -0.4 is 5.32 Å². The molecule has 2 rings (SSSR count). The summed E-state index contributed by atoms with van der Waals surface area (Å²) in [5, 5.41) is 25.2. The van der Waals surface area contributed by atoms with Crippen LogP contribution in [0.25, 0.3) is 11.3 Å². The quantitative estimate of drug-likeness (QED) is 0.658. The summed E-state index contributed by atoms with van der Waals surface area (Å²) in [6.45, 7) is 4.26. The van der Waals surface area contributed by atoms with Crippen LogP contribution in [-0.2, 0) is 13.5 Å². The van der Waals surface area contributed by atoms with Crippen molar-refractivity contribution >= 4 is 16.8 Å². The Balaban J connectivity index is 2.50. The van der Waals surface area contributed by atoms with Gasteiger partial charge in [-0.2, -0.15) is 5.10 Å². The molecule has 0 aliphatic carbocycles.